The van der Waals surface area contributed by atoms with Crippen molar-refractivity contribution >= 4 is 17.7 Å². The van der Waals surface area contributed by atoms with E-state index in [0.29, 0.717) is 25.0 Å². The molecular formula is C9H15N3O3S. The molecule has 0 spiro atoms. The Hall–Kier alpha value is -1.08. The number of H-pyrrole nitrogens is 1. The summed E-state index contributed by atoms with van der Waals surface area (Å²) in [5.41, 5.74) is 0. The third-order valence-electron chi connectivity index (χ3n) is 1.59. The highest BCUT2D eigenvalue weighted by atomic mass is 32.2. The van der Waals surface area contributed by atoms with Gasteiger partial charge in [0, 0.05) is 6.61 Å². The average Bonchev–Trinajstić information content (AvgIpc) is 2.68. The lowest BCUT2D eigenvalue weighted by Crippen LogP contribution is -2.12. The number of esters is 1. The molecule has 1 aromatic rings. The van der Waals surface area contributed by atoms with Gasteiger partial charge < -0.3 is 9.47 Å². The molecule has 1 aromatic heterocycles. The predicted octanol–water partition coefficient (Wildman–Crippen LogP) is 0.785. The van der Waals surface area contributed by atoms with Crippen molar-refractivity contribution in [1.82, 2.24) is 15.2 Å². The largest absolute Gasteiger partial charge is 0.463 e. The summed E-state index contributed by atoms with van der Waals surface area (Å²) in [5.74, 6) is 0.656. The van der Waals surface area contributed by atoms with E-state index in [4.69, 9.17) is 9.47 Å². The first kappa shape index (κ1) is 13.0. The molecule has 1 heterocycles. The Morgan fingerprint density at radius 3 is 2.94 bits per heavy atom. The SMILES string of the molecule is CCOCCOC(=O)CSc1n[nH]c(C)n1. The molecule has 0 radical (unpaired) electrons. The third kappa shape index (κ3) is 5.13. The van der Waals surface area contributed by atoms with E-state index >= 15 is 0 Å². The van der Waals surface area contributed by atoms with E-state index in [1.54, 1.807) is 6.92 Å². The van der Waals surface area contributed by atoms with E-state index in [0.717, 1.165) is 5.82 Å². The fourth-order valence-electron chi connectivity index (χ4n) is 0.911. The lowest BCUT2D eigenvalue weighted by atomic mass is 10.7. The molecule has 1 N–H and O–H groups in total. The van der Waals surface area contributed by atoms with Crippen LogP contribution >= 0.6 is 11.8 Å². The molecule has 7 heteroatoms. The molecule has 0 amide bonds. The smallest absolute Gasteiger partial charge is 0.316 e. The molecule has 0 aliphatic heterocycles. The summed E-state index contributed by atoms with van der Waals surface area (Å²) < 4.78 is 9.96. The van der Waals surface area contributed by atoms with Crippen LogP contribution in [0.3, 0.4) is 0 Å². The van der Waals surface area contributed by atoms with Crippen LogP contribution in [0.4, 0.5) is 0 Å². The number of nitrogens with zero attached hydrogens (tertiary/aromatic N) is 2. The lowest BCUT2D eigenvalue weighted by Gasteiger charge is -2.03. The lowest BCUT2D eigenvalue weighted by molar-refractivity contribution is -0.141. The van der Waals surface area contributed by atoms with Crippen molar-refractivity contribution < 1.29 is 14.3 Å². The number of aromatic amines is 1. The van der Waals surface area contributed by atoms with Crippen LogP contribution in [-0.4, -0.2) is 46.7 Å². The van der Waals surface area contributed by atoms with Crippen molar-refractivity contribution in [1.29, 1.82) is 0 Å². The topological polar surface area (TPSA) is 77.1 Å². The Kier molecular flexibility index (Phi) is 5.87. The molecule has 0 aliphatic rings. The molecule has 0 unspecified atom stereocenters. The van der Waals surface area contributed by atoms with Crippen LogP contribution in [0, 0.1) is 6.92 Å². The monoisotopic (exact) mass is 245 g/mol. The summed E-state index contributed by atoms with van der Waals surface area (Å²) in [6.45, 7) is 5.05. The number of rotatable bonds is 7. The molecule has 6 nitrogen and oxygen atoms in total. The van der Waals surface area contributed by atoms with Crippen molar-refractivity contribution in [2.75, 3.05) is 25.6 Å². The summed E-state index contributed by atoms with van der Waals surface area (Å²) in [6.07, 6.45) is 0. The maximum Gasteiger partial charge on any atom is 0.316 e. The van der Waals surface area contributed by atoms with E-state index in [-0.39, 0.29) is 11.7 Å². The first-order valence-electron chi connectivity index (χ1n) is 4.97. The second-order valence-electron chi connectivity index (χ2n) is 2.91. The zero-order valence-corrected chi connectivity index (χ0v) is 10.2. The van der Waals surface area contributed by atoms with Gasteiger partial charge in [-0.25, -0.2) is 4.98 Å². The highest BCUT2D eigenvalue weighted by Gasteiger charge is 2.06. The number of thioether (sulfide) groups is 1. The van der Waals surface area contributed by atoms with E-state index in [2.05, 4.69) is 15.2 Å². The van der Waals surface area contributed by atoms with E-state index in [9.17, 15) is 4.79 Å². The number of hydrogen-bond donors (Lipinski definition) is 1. The standard InChI is InChI=1S/C9H15N3O3S/c1-3-14-4-5-15-8(13)6-16-9-10-7(2)11-12-9/h3-6H2,1-2H3,(H,10,11,12). The number of aryl methyl sites for hydroxylation is 1. The van der Waals surface area contributed by atoms with Gasteiger partial charge in [0.1, 0.15) is 12.4 Å². The second kappa shape index (κ2) is 7.24. The van der Waals surface area contributed by atoms with Crippen LogP contribution < -0.4 is 0 Å². The van der Waals surface area contributed by atoms with Gasteiger partial charge in [-0.05, 0) is 13.8 Å². The number of carbonyl (C=O) groups is 1. The fraction of sp³-hybridized carbons (Fsp3) is 0.667. The van der Waals surface area contributed by atoms with Gasteiger partial charge in [0.15, 0.2) is 0 Å². The number of aromatic nitrogens is 3. The minimum atomic E-state index is -0.285. The maximum atomic E-state index is 11.2. The quantitative estimate of drug-likeness (QED) is 0.434. The molecule has 0 saturated carbocycles. The summed E-state index contributed by atoms with van der Waals surface area (Å²) in [5, 5.41) is 7.14. The molecule has 0 aromatic carbocycles. The van der Waals surface area contributed by atoms with Gasteiger partial charge in [-0.3, -0.25) is 9.89 Å². The zero-order chi connectivity index (χ0) is 11.8. The molecule has 16 heavy (non-hydrogen) atoms. The highest BCUT2D eigenvalue weighted by Crippen LogP contribution is 2.11. The van der Waals surface area contributed by atoms with E-state index in [1.807, 2.05) is 6.92 Å². The van der Waals surface area contributed by atoms with Crippen molar-refractivity contribution in [3.05, 3.63) is 5.82 Å². The van der Waals surface area contributed by atoms with Crippen molar-refractivity contribution in [3.63, 3.8) is 0 Å². The summed E-state index contributed by atoms with van der Waals surface area (Å²) in [7, 11) is 0. The Balaban J connectivity index is 2.10. The van der Waals surface area contributed by atoms with Crippen LogP contribution in [-0.2, 0) is 14.3 Å². The minimum absolute atomic E-state index is 0.212. The van der Waals surface area contributed by atoms with Crippen molar-refractivity contribution in [2.24, 2.45) is 0 Å². The van der Waals surface area contributed by atoms with Crippen LogP contribution in [0.5, 0.6) is 0 Å². The van der Waals surface area contributed by atoms with Gasteiger partial charge >= 0.3 is 5.97 Å². The Labute approximate surface area is 98.1 Å². The minimum Gasteiger partial charge on any atom is -0.463 e. The van der Waals surface area contributed by atoms with Gasteiger partial charge in [0.05, 0.1) is 12.4 Å². The fourth-order valence-corrected chi connectivity index (χ4v) is 1.55. The van der Waals surface area contributed by atoms with E-state index in [1.165, 1.54) is 11.8 Å². The molecule has 0 fully saturated rings. The Morgan fingerprint density at radius 2 is 2.31 bits per heavy atom. The van der Waals surface area contributed by atoms with Gasteiger partial charge in [0.2, 0.25) is 5.16 Å². The molecule has 0 atom stereocenters. The second-order valence-corrected chi connectivity index (χ2v) is 3.85. The zero-order valence-electron chi connectivity index (χ0n) is 9.36. The van der Waals surface area contributed by atoms with Gasteiger partial charge in [-0.15, -0.1) is 5.10 Å². The number of ether oxygens (including phenoxy) is 2. The number of carbonyl (C=O) groups excluding carboxylic acids is 1. The highest BCUT2D eigenvalue weighted by molar-refractivity contribution is 7.99. The molecule has 1 rings (SSSR count). The van der Waals surface area contributed by atoms with E-state index < -0.39 is 0 Å². The normalized spacial score (nSPS) is 10.4. The summed E-state index contributed by atoms with van der Waals surface area (Å²) in [4.78, 5) is 15.3. The van der Waals surface area contributed by atoms with Gasteiger partial charge in [-0.2, -0.15) is 0 Å². The number of nitrogens with one attached hydrogen (secondary N) is 1. The van der Waals surface area contributed by atoms with Crippen LogP contribution in [0.2, 0.25) is 0 Å². The van der Waals surface area contributed by atoms with Crippen LogP contribution in [0.15, 0.2) is 5.16 Å². The van der Waals surface area contributed by atoms with Crippen LogP contribution in [0.25, 0.3) is 0 Å². The first-order chi connectivity index (χ1) is 7.72. The molecule has 0 saturated heterocycles. The van der Waals surface area contributed by atoms with Crippen molar-refractivity contribution in [2.45, 2.75) is 19.0 Å². The average molecular weight is 245 g/mol. The van der Waals surface area contributed by atoms with Gasteiger partial charge in [-0.1, -0.05) is 11.8 Å². The predicted molar refractivity (Wildman–Crippen MR) is 59.3 cm³/mol. The van der Waals surface area contributed by atoms with Gasteiger partial charge in [0.25, 0.3) is 0 Å². The Bertz CT molecular complexity index is 330. The number of hydrogen-bond acceptors (Lipinski definition) is 6. The molecule has 90 valence electrons. The molecule has 0 aliphatic carbocycles. The molecular weight excluding hydrogens is 230 g/mol. The first-order valence-corrected chi connectivity index (χ1v) is 5.96. The van der Waals surface area contributed by atoms with Crippen molar-refractivity contribution in [3.8, 4) is 0 Å². The summed E-state index contributed by atoms with van der Waals surface area (Å²) >= 11 is 1.24. The third-order valence-corrected chi connectivity index (χ3v) is 2.41. The maximum absolute atomic E-state index is 11.2. The summed E-state index contributed by atoms with van der Waals surface area (Å²) in [6, 6.07) is 0. The Morgan fingerprint density at radius 1 is 1.50 bits per heavy atom. The molecule has 0 bridgehead atoms. The van der Waals surface area contributed by atoms with Crippen LogP contribution in [0.1, 0.15) is 12.7 Å².